The predicted octanol–water partition coefficient (Wildman–Crippen LogP) is 4.51. The van der Waals surface area contributed by atoms with Crippen LogP contribution in [0, 0.1) is 5.82 Å². The molecule has 0 saturated carbocycles. The summed E-state index contributed by atoms with van der Waals surface area (Å²) in [7, 11) is 0. The SMILES string of the molecule is CCCC(=C1C=CC=C1)c1ccc(F)cc1. The summed E-state index contributed by atoms with van der Waals surface area (Å²) in [4.78, 5) is 0. The highest BCUT2D eigenvalue weighted by molar-refractivity contribution is 5.74. The van der Waals surface area contributed by atoms with Gasteiger partial charge in [-0.15, -0.1) is 0 Å². The van der Waals surface area contributed by atoms with Gasteiger partial charge in [-0.25, -0.2) is 4.39 Å². The molecule has 1 aliphatic rings. The molecular weight excluding hydrogens is 199 g/mol. The molecule has 0 bridgehead atoms. The topological polar surface area (TPSA) is 0 Å². The molecule has 0 saturated heterocycles. The largest absolute Gasteiger partial charge is 0.207 e. The third-order valence-corrected chi connectivity index (χ3v) is 2.70. The second-order valence-corrected chi connectivity index (χ2v) is 3.91. The lowest BCUT2D eigenvalue weighted by Crippen LogP contribution is -1.88. The molecule has 0 nitrogen and oxygen atoms in total. The first-order valence-electron chi connectivity index (χ1n) is 5.65. The minimum absolute atomic E-state index is 0.179. The average molecular weight is 214 g/mol. The predicted molar refractivity (Wildman–Crippen MR) is 66.5 cm³/mol. The molecule has 0 radical (unpaired) electrons. The Bertz CT molecular complexity index is 433. The van der Waals surface area contributed by atoms with Gasteiger partial charge < -0.3 is 0 Å². The van der Waals surface area contributed by atoms with Gasteiger partial charge >= 0.3 is 0 Å². The highest BCUT2D eigenvalue weighted by Gasteiger charge is 2.06. The second-order valence-electron chi connectivity index (χ2n) is 3.91. The number of allylic oxidation sites excluding steroid dienone is 6. The molecule has 1 aliphatic carbocycles. The Labute approximate surface area is 95.8 Å². The second kappa shape index (κ2) is 4.93. The monoisotopic (exact) mass is 214 g/mol. The van der Waals surface area contributed by atoms with Crippen LogP contribution in [0.1, 0.15) is 25.3 Å². The Kier molecular flexibility index (Phi) is 3.35. The summed E-state index contributed by atoms with van der Waals surface area (Å²) in [5, 5.41) is 0. The molecule has 0 N–H and O–H groups in total. The Hall–Kier alpha value is -1.63. The van der Waals surface area contributed by atoms with E-state index in [-0.39, 0.29) is 5.82 Å². The van der Waals surface area contributed by atoms with Crippen molar-refractivity contribution in [2.24, 2.45) is 0 Å². The van der Waals surface area contributed by atoms with Gasteiger partial charge in [0.2, 0.25) is 0 Å². The van der Waals surface area contributed by atoms with Gasteiger partial charge in [0, 0.05) is 0 Å². The number of hydrogen-bond acceptors (Lipinski definition) is 0. The van der Waals surface area contributed by atoms with Crippen molar-refractivity contribution in [3.63, 3.8) is 0 Å². The standard InChI is InChI=1S/C15H15F/c1-2-5-15(12-6-3-4-7-12)13-8-10-14(16)11-9-13/h3-4,6-11H,2,5H2,1H3. The number of benzene rings is 1. The van der Waals surface area contributed by atoms with E-state index in [2.05, 4.69) is 19.1 Å². The summed E-state index contributed by atoms with van der Waals surface area (Å²) in [5.74, 6) is -0.179. The van der Waals surface area contributed by atoms with Crippen LogP contribution in [0.5, 0.6) is 0 Å². The Morgan fingerprint density at radius 3 is 2.25 bits per heavy atom. The first-order valence-corrected chi connectivity index (χ1v) is 5.65. The molecule has 1 aromatic rings. The molecule has 0 fully saturated rings. The first kappa shape index (κ1) is 10.9. The summed E-state index contributed by atoms with van der Waals surface area (Å²) in [6.07, 6.45) is 10.4. The lowest BCUT2D eigenvalue weighted by molar-refractivity contribution is 0.627. The minimum Gasteiger partial charge on any atom is -0.207 e. The number of hydrogen-bond donors (Lipinski definition) is 0. The third-order valence-electron chi connectivity index (χ3n) is 2.70. The maximum Gasteiger partial charge on any atom is 0.123 e. The Balaban J connectivity index is 2.40. The highest BCUT2D eigenvalue weighted by Crippen LogP contribution is 2.27. The average Bonchev–Trinajstić information content (AvgIpc) is 2.81. The van der Waals surface area contributed by atoms with Gasteiger partial charge in [-0.2, -0.15) is 0 Å². The van der Waals surface area contributed by atoms with E-state index in [1.54, 1.807) is 0 Å². The molecule has 0 heterocycles. The molecule has 0 atom stereocenters. The van der Waals surface area contributed by atoms with E-state index in [1.807, 2.05) is 24.3 Å². The molecule has 0 unspecified atom stereocenters. The molecule has 1 heteroatoms. The van der Waals surface area contributed by atoms with Crippen molar-refractivity contribution in [2.75, 3.05) is 0 Å². The van der Waals surface area contributed by atoms with E-state index < -0.39 is 0 Å². The van der Waals surface area contributed by atoms with Crippen molar-refractivity contribution >= 4 is 5.57 Å². The zero-order valence-corrected chi connectivity index (χ0v) is 9.41. The maximum atomic E-state index is 12.9. The lowest BCUT2D eigenvalue weighted by atomic mass is 9.96. The zero-order chi connectivity index (χ0) is 11.4. The molecule has 2 rings (SSSR count). The van der Waals surface area contributed by atoms with Gasteiger partial charge in [0.05, 0.1) is 0 Å². The summed E-state index contributed by atoms with van der Waals surface area (Å²) in [5.41, 5.74) is 3.66. The van der Waals surface area contributed by atoms with Crippen LogP contribution < -0.4 is 0 Å². The molecule has 16 heavy (non-hydrogen) atoms. The van der Waals surface area contributed by atoms with Gasteiger partial charge in [-0.05, 0) is 35.3 Å². The summed E-state index contributed by atoms with van der Waals surface area (Å²) in [6, 6.07) is 6.75. The quantitative estimate of drug-likeness (QED) is 0.694. The smallest absolute Gasteiger partial charge is 0.123 e. The van der Waals surface area contributed by atoms with Crippen LogP contribution in [0.4, 0.5) is 4.39 Å². The molecule has 0 spiro atoms. The van der Waals surface area contributed by atoms with Gasteiger partial charge in [0.15, 0.2) is 0 Å². The van der Waals surface area contributed by atoms with E-state index in [9.17, 15) is 4.39 Å². The van der Waals surface area contributed by atoms with Crippen molar-refractivity contribution < 1.29 is 4.39 Å². The highest BCUT2D eigenvalue weighted by atomic mass is 19.1. The lowest BCUT2D eigenvalue weighted by Gasteiger charge is -2.09. The summed E-state index contributed by atoms with van der Waals surface area (Å²) in [6.45, 7) is 2.16. The van der Waals surface area contributed by atoms with E-state index in [4.69, 9.17) is 0 Å². The third kappa shape index (κ3) is 2.30. The molecule has 1 aromatic carbocycles. The van der Waals surface area contributed by atoms with Crippen LogP contribution in [-0.2, 0) is 0 Å². The fraction of sp³-hybridized carbons (Fsp3) is 0.200. The molecule has 82 valence electrons. The van der Waals surface area contributed by atoms with E-state index in [1.165, 1.54) is 23.3 Å². The van der Waals surface area contributed by atoms with Gasteiger partial charge in [-0.3, -0.25) is 0 Å². The Morgan fingerprint density at radius 2 is 1.69 bits per heavy atom. The van der Waals surface area contributed by atoms with Gasteiger partial charge in [-0.1, -0.05) is 49.8 Å². The molecule has 0 aromatic heterocycles. The normalized spacial score (nSPS) is 13.5. The minimum atomic E-state index is -0.179. The van der Waals surface area contributed by atoms with Gasteiger partial charge in [0.1, 0.15) is 5.82 Å². The molecule has 0 aliphatic heterocycles. The fourth-order valence-electron chi connectivity index (χ4n) is 1.93. The van der Waals surface area contributed by atoms with E-state index in [0.717, 1.165) is 18.4 Å². The van der Waals surface area contributed by atoms with Crippen LogP contribution in [0.25, 0.3) is 5.57 Å². The van der Waals surface area contributed by atoms with Crippen molar-refractivity contribution in [1.82, 2.24) is 0 Å². The Morgan fingerprint density at radius 1 is 1.06 bits per heavy atom. The van der Waals surface area contributed by atoms with Crippen LogP contribution >= 0.6 is 0 Å². The number of halogens is 1. The van der Waals surface area contributed by atoms with E-state index in [0.29, 0.717) is 0 Å². The van der Waals surface area contributed by atoms with Gasteiger partial charge in [0.25, 0.3) is 0 Å². The molecular formula is C15H15F. The summed E-state index contributed by atoms with van der Waals surface area (Å²) < 4.78 is 12.9. The maximum absolute atomic E-state index is 12.9. The van der Waals surface area contributed by atoms with Crippen LogP contribution in [0.2, 0.25) is 0 Å². The van der Waals surface area contributed by atoms with Crippen molar-refractivity contribution in [3.8, 4) is 0 Å². The van der Waals surface area contributed by atoms with Crippen LogP contribution in [-0.4, -0.2) is 0 Å². The van der Waals surface area contributed by atoms with Crippen LogP contribution in [0.15, 0.2) is 54.1 Å². The number of rotatable bonds is 3. The summed E-state index contributed by atoms with van der Waals surface area (Å²) >= 11 is 0. The van der Waals surface area contributed by atoms with Crippen LogP contribution in [0.3, 0.4) is 0 Å². The van der Waals surface area contributed by atoms with E-state index >= 15 is 0 Å². The van der Waals surface area contributed by atoms with Crippen molar-refractivity contribution in [3.05, 3.63) is 65.5 Å². The zero-order valence-electron chi connectivity index (χ0n) is 9.41. The fourth-order valence-corrected chi connectivity index (χ4v) is 1.93. The van der Waals surface area contributed by atoms with Crippen molar-refractivity contribution in [1.29, 1.82) is 0 Å². The van der Waals surface area contributed by atoms with Crippen molar-refractivity contribution in [2.45, 2.75) is 19.8 Å². The molecule has 0 amide bonds. The first-order chi connectivity index (χ1) is 7.81.